The van der Waals surface area contributed by atoms with Gasteiger partial charge in [-0.1, -0.05) is 78.9 Å². The van der Waals surface area contributed by atoms with Gasteiger partial charge in [0, 0.05) is 5.54 Å². The van der Waals surface area contributed by atoms with Crippen molar-refractivity contribution < 1.29 is 0 Å². The van der Waals surface area contributed by atoms with Crippen LogP contribution < -0.4 is 6.15 Å². The first-order valence-electron chi connectivity index (χ1n) is 5.78. The van der Waals surface area contributed by atoms with Crippen LogP contribution in [0.15, 0.2) is 66.7 Å². The molecule has 0 aromatic heterocycles. The monoisotopic (exact) mass is 273 g/mol. The molecule has 2 rings (SSSR count). The Kier molecular flexibility index (Phi) is 9.15. The minimum atomic E-state index is 0. The molecule has 3 N–H and O–H groups in total. The van der Waals surface area contributed by atoms with Crippen LogP contribution in [0.25, 0.3) is 12.2 Å². The molecule has 0 radical (unpaired) electrons. The first-order chi connectivity index (χ1) is 8.77. The Labute approximate surface area is 120 Å². The van der Waals surface area contributed by atoms with Crippen LogP contribution in [-0.2, 0) is 0 Å². The quantitative estimate of drug-likeness (QED) is 0.749. The standard InChI is InChI=1S/C9H10.C8H7Cl.H3N/c1-3-9-7-5-4-6-8(9)2;9-7-6-8-4-2-1-3-5-8;/h3-7H,1H2,2H3;1-7H;1H3. The van der Waals surface area contributed by atoms with Crippen molar-refractivity contribution in [3.63, 3.8) is 0 Å². The summed E-state index contributed by atoms with van der Waals surface area (Å²) in [5, 5.41) is 0. The number of halogens is 1. The second-order valence-electron chi connectivity index (χ2n) is 3.76. The Bertz CT molecular complexity index is 504. The summed E-state index contributed by atoms with van der Waals surface area (Å²) in [6, 6.07) is 18.1. The molecule has 0 fully saturated rings. The fourth-order valence-electron chi connectivity index (χ4n) is 1.45. The summed E-state index contributed by atoms with van der Waals surface area (Å²) < 4.78 is 0. The molecule has 2 heteroatoms. The topological polar surface area (TPSA) is 35.0 Å². The lowest BCUT2D eigenvalue weighted by molar-refractivity contribution is 1.45. The third-order valence-corrected chi connectivity index (χ3v) is 2.59. The molecular formula is C17H20ClN. The van der Waals surface area contributed by atoms with E-state index in [1.54, 1.807) is 0 Å². The largest absolute Gasteiger partial charge is 0.344 e. The number of aryl methyl sites for hydroxylation is 1. The highest BCUT2D eigenvalue weighted by molar-refractivity contribution is 6.27. The molecule has 0 saturated carbocycles. The molecule has 0 aliphatic rings. The molecule has 0 amide bonds. The number of hydrogen-bond acceptors (Lipinski definition) is 1. The molecule has 2 aromatic rings. The van der Waals surface area contributed by atoms with Gasteiger partial charge < -0.3 is 6.15 Å². The minimum Gasteiger partial charge on any atom is -0.344 e. The van der Waals surface area contributed by atoms with Crippen molar-refractivity contribution in [2.45, 2.75) is 6.92 Å². The summed E-state index contributed by atoms with van der Waals surface area (Å²) in [7, 11) is 0. The fraction of sp³-hybridized carbons (Fsp3) is 0.0588. The average Bonchev–Trinajstić information content (AvgIpc) is 2.42. The van der Waals surface area contributed by atoms with E-state index in [4.69, 9.17) is 11.6 Å². The smallest absolute Gasteiger partial charge is 0.00484 e. The SMILES string of the molecule is C=Cc1ccccc1C.ClC=Cc1ccccc1.N. The third kappa shape index (κ3) is 6.61. The van der Waals surface area contributed by atoms with Crippen LogP contribution in [0.3, 0.4) is 0 Å². The van der Waals surface area contributed by atoms with E-state index < -0.39 is 0 Å². The molecule has 0 unspecified atom stereocenters. The van der Waals surface area contributed by atoms with E-state index in [0.29, 0.717) is 0 Å². The highest BCUT2D eigenvalue weighted by atomic mass is 35.5. The van der Waals surface area contributed by atoms with Crippen molar-refractivity contribution in [1.82, 2.24) is 6.15 Å². The Hall–Kier alpha value is -1.83. The summed E-state index contributed by atoms with van der Waals surface area (Å²) in [4.78, 5) is 0. The van der Waals surface area contributed by atoms with Gasteiger partial charge in [0.15, 0.2) is 0 Å². The molecule has 0 atom stereocenters. The van der Waals surface area contributed by atoms with Gasteiger partial charge in [0.25, 0.3) is 0 Å². The van der Waals surface area contributed by atoms with E-state index in [1.807, 2.05) is 54.6 Å². The van der Waals surface area contributed by atoms with E-state index in [-0.39, 0.29) is 6.15 Å². The van der Waals surface area contributed by atoms with Gasteiger partial charge in [-0.3, -0.25) is 0 Å². The molecule has 0 heterocycles. The first-order valence-corrected chi connectivity index (χ1v) is 6.21. The molecule has 100 valence electrons. The van der Waals surface area contributed by atoms with Gasteiger partial charge in [0.1, 0.15) is 0 Å². The summed E-state index contributed by atoms with van der Waals surface area (Å²) >= 11 is 5.36. The Morgan fingerprint density at radius 3 is 2.00 bits per heavy atom. The van der Waals surface area contributed by atoms with Crippen LogP contribution in [0.2, 0.25) is 0 Å². The van der Waals surface area contributed by atoms with E-state index in [0.717, 1.165) is 5.56 Å². The van der Waals surface area contributed by atoms with Gasteiger partial charge in [0.2, 0.25) is 0 Å². The number of hydrogen-bond donors (Lipinski definition) is 1. The van der Waals surface area contributed by atoms with Gasteiger partial charge in [-0.15, -0.1) is 0 Å². The maximum absolute atomic E-state index is 5.36. The van der Waals surface area contributed by atoms with Gasteiger partial charge >= 0.3 is 0 Å². The van der Waals surface area contributed by atoms with Crippen LogP contribution >= 0.6 is 11.6 Å². The average molecular weight is 274 g/mol. The van der Waals surface area contributed by atoms with E-state index in [2.05, 4.69) is 25.6 Å². The molecule has 0 spiro atoms. The van der Waals surface area contributed by atoms with Crippen LogP contribution in [0, 0.1) is 6.92 Å². The van der Waals surface area contributed by atoms with Crippen molar-refractivity contribution in [3.8, 4) is 0 Å². The van der Waals surface area contributed by atoms with Crippen LogP contribution in [0.4, 0.5) is 0 Å². The summed E-state index contributed by atoms with van der Waals surface area (Å²) in [6.45, 7) is 5.77. The number of benzene rings is 2. The van der Waals surface area contributed by atoms with Crippen molar-refractivity contribution in [1.29, 1.82) is 0 Å². The van der Waals surface area contributed by atoms with Crippen LogP contribution in [0.5, 0.6) is 0 Å². The maximum atomic E-state index is 5.36. The van der Waals surface area contributed by atoms with Crippen molar-refractivity contribution in [3.05, 3.63) is 83.4 Å². The molecule has 0 bridgehead atoms. The predicted octanol–water partition coefficient (Wildman–Crippen LogP) is 5.70. The fourth-order valence-corrected chi connectivity index (χ4v) is 1.60. The van der Waals surface area contributed by atoms with E-state index in [9.17, 15) is 0 Å². The van der Waals surface area contributed by atoms with Gasteiger partial charge in [0.05, 0.1) is 0 Å². The second kappa shape index (κ2) is 10.1. The van der Waals surface area contributed by atoms with Crippen molar-refractivity contribution in [2.24, 2.45) is 0 Å². The van der Waals surface area contributed by atoms with Crippen LogP contribution in [0.1, 0.15) is 16.7 Å². The lowest BCUT2D eigenvalue weighted by atomic mass is 10.1. The molecule has 0 saturated heterocycles. The zero-order valence-corrected chi connectivity index (χ0v) is 12.0. The lowest BCUT2D eigenvalue weighted by Crippen LogP contribution is -1.75. The van der Waals surface area contributed by atoms with Crippen molar-refractivity contribution >= 4 is 23.8 Å². The van der Waals surface area contributed by atoms with Crippen molar-refractivity contribution in [2.75, 3.05) is 0 Å². The van der Waals surface area contributed by atoms with E-state index in [1.165, 1.54) is 16.7 Å². The lowest BCUT2D eigenvalue weighted by Gasteiger charge is -1.95. The van der Waals surface area contributed by atoms with Crippen LogP contribution in [-0.4, -0.2) is 0 Å². The normalized spacial score (nSPS) is 9.16. The summed E-state index contributed by atoms with van der Waals surface area (Å²) in [5.41, 5.74) is 5.15. The molecule has 0 aliphatic heterocycles. The summed E-state index contributed by atoms with van der Waals surface area (Å²) in [6.07, 6.45) is 3.72. The molecule has 1 nitrogen and oxygen atoms in total. The Balaban J connectivity index is 0.000000324. The number of rotatable bonds is 2. The highest BCUT2D eigenvalue weighted by Crippen LogP contribution is 2.06. The third-order valence-electron chi connectivity index (χ3n) is 2.46. The molecule has 19 heavy (non-hydrogen) atoms. The second-order valence-corrected chi connectivity index (χ2v) is 4.02. The zero-order valence-electron chi connectivity index (χ0n) is 11.2. The van der Waals surface area contributed by atoms with Gasteiger partial charge in [-0.05, 0) is 29.7 Å². The maximum Gasteiger partial charge on any atom is 0.00484 e. The Morgan fingerprint density at radius 2 is 1.53 bits per heavy atom. The minimum absolute atomic E-state index is 0. The van der Waals surface area contributed by atoms with Gasteiger partial charge in [-0.25, -0.2) is 0 Å². The highest BCUT2D eigenvalue weighted by Gasteiger charge is 1.86. The predicted molar refractivity (Wildman–Crippen MR) is 87.6 cm³/mol. The molecule has 2 aromatic carbocycles. The Morgan fingerprint density at radius 1 is 0.947 bits per heavy atom. The van der Waals surface area contributed by atoms with Gasteiger partial charge in [-0.2, -0.15) is 0 Å². The molecular weight excluding hydrogens is 254 g/mol. The zero-order chi connectivity index (χ0) is 13.2. The van der Waals surface area contributed by atoms with E-state index >= 15 is 0 Å². The molecule has 0 aliphatic carbocycles. The summed E-state index contributed by atoms with van der Waals surface area (Å²) in [5.74, 6) is 0. The first kappa shape index (κ1) is 17.2.